The van der Waals surface area contributed by atoms with Gasteiger partial charge < -0.3 is 20.1 Å². The Morgan fingerprint density at radius 1 is 1.43 bits per heavy atom. The van der Waals surface area contributed by atoms with Crippen LogP contribution in [0.25, 0.3) is 0 Å². The zero-order valence-corrected chi connectivity index (χ0v) is 14.6. The van der Waals surface area contributed by atoms with Crippen molar-refractivity contribution in [2.24, 2.45) is 5.41 Å². The van der Waals surface area contributed by atoms with Crippen LogP contribution >= 0.6 is 0 Å². The van der Waals surface area contributed by atoms with Gasteiger partial charge in [0.25, 0.3) is 0 Å². The van der Waals surface area contributed by atoms with Crippen LogP contribution in [0.2, 0.25) is 0 Å². The fraction of sp³-hybridized carbons (Fsp3) is 0.611. The van der Waals surface area contributed by atoms with Crippen molar-refractivity contribution in [1.82, 2.24) is 4.90 Å². The molecule has 0 aromatic heterocycles. The number of ether oxygens (including phenoxy) is 1. The van der Waals surface area contributed by atoms with Gasteiger partial charge in [-0.1, -0.05) is 19.1 Å². The van der Waals surface area contributed by atoms with E-state index in [-0.39, 0.29) is 18.1 Å². The lowest BCUT2D eigenvalue weighted by Gasteiger charge is -2.27. The number of hydrogen-bond acceptors (Lipinski definition) is 4. The smallest absolute Gasteiger partial charge is 0.410 e. The molecule has 0 unspecified atom stereocenters. The van der Waals surface area contributed by atoms with Crippen molar-refractivity contribution in [3.8, 4) is 0 Å². The number of nitrogens with one attached hydrogen (secondary N) is 1. The second-order valence-corrected chi connectivity index (χ2v) is 7.67. The zero-order valence-electron chi connectivity index (χ0n) is 14.6. The first-order valence-corrected chi connectivity index (χ1v) is 8.12. The van der Waals surface area contributed by atoms with Crippen molar-refractivity contribution in [3.63, 3.8) is 0 Å². The molecule has 1 aromatic carbocycles. The van der Waals surface area contributed by atoms with Gasteiger partial charge in [0, 0.05) is 30.7 Å². The van der Waals surface area contributed by atoms with Crippen LogP contribution in [0, 0.1) is 5.41 Å². The number of aliphatic hydroxyl groups excluding tert-OH is 1. The summed E-state index contributed by atoms with van der Waals surface area (Å²) in [6.07, 6.45) is 0.711. The molecule has 1 heterocycles. The van der Waals surface area contributed by atoms with Crippen molar-refractivity contribution in [2.75, 3.05) is 25.0 Å². The maximum atomic E-state index is 12.2. The van der Waals surface area contributed by atoms with E-state index < -0.39 is 5.60 Å². The van der Waals surface area contributed by atoms with Crippen LogP contribution in [0.4, 0.5) is 10.5 Å². The van der Waals surface area contributed by atoms with E-state index in [4.69, 9.17) is 4.74 Å². The minimum Gasteiger partial charge on any atom is -0.444 e. The average Bonchev–Trinajstić information content (AvgIpc) is 2.87. The highest BCUT2D eigenvalue weighted by molar-refractivity contribution is 5.68. The van der Waals surface area contributed by atoms with E-state index in [9.17, 15) is 9.90 Å². The van der Waals surface area contributed by atoms with Crippen LogP contribution < -0.4 is 5.32 Å². The fourth-order valence-electron chi connectivity index (χ4n) is 2.75. The summed E-state index contributed by atoms with van der Waals surface area (Å²) >= 11 is 0. The third-order valence-electron chi connectivity index (χ3n) is 4.04. The highest BCUT2D eigenvalue weighted by Crippen LogP contribution is 2.31. The Kier molecular flexibility index (Phi) is 5.19. The van der Waals surface area contributed by atoms with Crippen molar-refractivity contribution < 1.29 is 14.6 Å². The predicted molar refractivity (Wildman–Crippen MR) is 91.4 cm³/mol. The summed E-state index contributed by atoms with van der Waals surface area (Å²) in [5.74, 6) is 0. The van der Waals surface area contributed by atoms with Crippen LogP contribution in [-0.4, -0.2) is 41.3 Å². The van der Waals surface area contributed by atoms with E-state index in [0.29, 0.717) is 6.54 Å². The molecule has 2 N–H and O–H groups in total. The molecule has 5 heteroatoms. The molecule has 1 amide bonds. The maximum Gasteiger partial charge on any atom is 0.410 e. The number of amides is 1. The van der Waals surface area contributed by atoms with Gasteiger partial charge in [-0.25, -0.2) is 4.79 Å². The van der Waals surface area contributed by atoms with E-state index >= 15 is 0 Å². The minimum atomic E-state index is -0.459. The Balaban J connectivity index is 1.89. The highest BCUT2D eigenvalue weighted by Gasteiger charge is 2.37. The summed E-state index contributed by atoms with van der Waals surface area (Å²) in [4.78, 5) is 14.0. The van der Waals surface area contributed by atoms with Gasteiger partial charge in [0.05, 0.1) is 6.61 Å². The van der Waals surface area contributed by atoms with Crippen LogP contribution in [0.5, 0.6) is 0 Å². The summed E-state index contributed by atoms with van der Waals surface area (Å²) in [5, 5.41) is 12.6. The Morgan fingerprint density at radius 3 is 2.83 bits per heavy atom. The number of aliphatic hydroxyl groups is 1. The number of carbonyl (C=O) groups is 1. The number of benzene rings is 1. The largest absolute Gasteiger partial charge is 0.444 e. The van der Waals surface area contributed by atoms with Gasteiger partial charge in [-0.05, 0) is 44.9 Å². The molecule has 23 heavy (non-hydrogen) atoms. The number of likely N-dealkylation sites (tertiary alicyclic amines) is 1. The number of carbonyl (C=O) groups excluding carboxylic acids is 1. The topological polar surface area (TPSA) is 61.8 Å². The molecule has 0 radical (unpaired) electrons. The first kappa shape index (κ1) is 17.6. The van der Waals surface area contributed by atoms with Crippen LogP contribution in [0.15, 0.2) is 24.3 Å². The second-order valence-electron chi connectivity index (χ2n) is 7.67. The normalized spacial score (nSPS) is 21.3. The first-order chi connectivity index (χ1) is 10.7. The Labute approximate surface area is 138 Å². The molecule has 2 rings (SSSR count). The molecule has 1 aromatic rings. The molecule has 0 saturated carbocycles. The molecular weight excluding hydrogens is 292 g/mol. The Bertz CT molecular complexity index is 553. The molecule has 0 spiro atoms. The van der Waals surface area contributed by atoms with Crippen molar-refractivity contribution in [2.45, 2.75) is 46.3 Å². The van der Waals surface area contributed by atoms with E-state index in [0.717, 1.165) is 30.8 Å². The summed E-state index contributed by atoms with van der Waals surface area (Å²) in [5.41, 5.74) is 1.45. The predicted octanol–water partition coefficient (Wildman–Crippen LogP) is 3.24. The fourth-order valence-corrected chi connectivity index (χ4v) is 2.75. The lowest BCUT2D eigenvalue weighted by molar-refractivity contribution is 0.0277. The lowest BCUT2D eigenvalue weighted by atomic mass is 9.90. The summed E-state index contributed by atoms with van der Waals surface area (Å²) in [6, 6.07) is 7.76. The molecule has 0 aliphatic carbocycles. The zero-order chi connectivity index (χ0) is 17.1. The molecule has 1 aliphatic heterocycles. The van der Waals surface area contributed by atoms with E-state index in [2.05, 4.69) is 12.2 Å². The average molecular weight is 320 g/mol. The summed E-state index contributed by atoms with van der Waals surface area (Å²) < 4.78 is 5.45. The van der Waals surface area contributed by atoms with Crippen LogP contribution in [0.3, 0.4) is 0 Å². The number of rotatable bonds is 4. The van der Waals surface area contributed by atoms with Gasteiger partial charge in [0.2, 0.25) is 0 Å². The molecule has 1 fully saturated rings. The minimum absolute atomic E-state index is 0.0200. The van der Waals surface area contributed by atoms with Crippen LogP contribution in [-0.2, 0) is 11.3 Å². The van der Waals surface area contributed by atoms with E-state index in [1.807, 2.05) is 45.0 Å². The monoisotopic (exact) mass is 320 g/mol. The van der Waals surface area contributed by atoms with Gasteiger partial charge in [-0.15, -0.1) is 0 Å². The number of nitrogens with zero attached hydrogens (tertiary/aromatic N) is 1. The van der Waals surface area contributed by atoms with Crippen LogP contribution in [0.1, 0.15) is 39.7 Å². The lowest BCUT2D eigenvalue weighted by Crippen LogP contribution is -2.37. The third kappa shape index (κ3) is 5.13. The van der Waals surface area contributed by atoms with Gasteiger partial charge in [0.1, 0.15) is 5.60 Å². The first-order valence-electron chi connectivity index (χ1n) is 8.12. The van der Waals surface area contributed by atoms with Crippen molar-refractivity contribution in [1.29, 1.82) is 0 Å². The molecule has 0 bridgehead atoms. The number of hydrogen-bond donors (Lipinski definition) is 2. The SMILES string of the molecule is CC(C)(C)OC(=O)N1CC[C@@](C)(CNc2cccc(CO)c2)C1. The quantitative estimate of drug-likeness (QED) is 0.894. The molecule has 5 nitrogen and oxygen atoms in total. The Hall–Kier alpha value is -1.75. The van der Waals surface area contributed by atoms with Crippen molar-refractivity contribution in [3.05, 3.63) is 29.8 Å². The van der Waals surface area contributed by atoms with E-state index in [1.54, 1.807) is 4.90 Å². The number of anilines is 1. The van der Waals surface area contributed by atoms with E-state index in [1.165, 1.54) is 0 Å². The summed E-state index contributed by atoms with van der Waals surface area (Å²) in [7, 11) is 0. The van der Waals surface area contributed by atoms with Gasteiger partial charge >= 0.3 is 6.09 Å². The highest BCUT2D eigenvalue weighted by atomic mass is 16.6. The molecule has 1 saturated heterocycles. The van der Waals surface area contributed by atoms with Gasteiger partial charge in [-0.3, -0.25) is 0 Å². The third-order valence-corrected chi connectivity index (χ3v) is 4.04. The second kappa shape index (κ2) is 6.79. The molecular formula is C18H28N2O3. The molecule has 1 aliphatic rings. The standard InChI is InChI=1S/C18H28N2O3/c1-17(2,3)23-16(22)20-9-8-18(4,13-20)12-19-15-7-5-6-14(10-15)11-21/h5-7,10,19,21H,8-9,11-13H2,1-4H3/t18-/m0/s1. The van der Waals surface area contributed by atoms with Crippen molar-refractivity contribution >= 4 is 11.8 Å². The Morgan fingerprint density at radius 2 is 2.17 bits per heavy atom. The molecule has 128 valence electrons. The van der Waals surface area contributed by atoms with Gasteiger partial charge in [0.15, 0.2) is 0 Å². The maximum absolute atomic E-state index is 12.2. The molecule has 1 atom stereocenters. The van der Waals surface area contributed by atoms with Gasteiger partial charge in [-0.2, -0.15) is 0 Å². The summed E-state index contributed by atoms with van der Waals surface area (Å²) in [6.45, 7) is 10.1.